The van der Waals surface area contributed by atoms with E-state index in [2.05, 4.69) is 28.2 Å². The number of para-hydroxylation sites is 1. The molecule has 1 unspecified atom stereocenters. The van der Waals surface area contributed by atoms with Crippen LogP contribution in [0.3, 0.4) is 0 Å². The molecule has 0 spiro atoms. The summed E-state index contributed by atoms with van der Waals surface area (Å²) in [6.45, 7) is 3.69. The fourth-order valence-electron chi connectivity index (χ4n) is 2.49. The topological polar surface area (TPSA) is 62.9 Å². The summed E-state index contributed by atoms with van der Waals surface area (Å²) in [6, 6.07) is 8.18. The number of halogens is 1. The van der Waals surface area contributed by atoms with Crippen molar-refractivity contribution in [1.82, 2.24) is 10.2 Å². The third kappa shape index (κ3) is 8.19. The molecule has 0 radical (unpaired) electrons. The SMILES string of the molecule is CCCCCCNC(N)=NCC(c1ccccc1OC)N(C)C.I. The minimum atomic E-state index is 0. The summed E-state index contributed by atoms with van der Waals surface area (Å²) in [6.07, 6.45) is 4.88. The molecular formula is C18H33IN4O. The van der Waals surface area contributed by atoms with E-state index in [0.29, 0.717) is 12.5 Å². The van der Waals surface area contributed by atoms with Crippen molar-refractivity contribution in [3.05, 3.63) is 29.8 Å². The van der Waals surface area contributed by atoms with E-state index < -0.39 is 0 Å². The molecule has 1 aromatic rings. The van der Waals surface area contributed by atoms with Crippen molar-refractivity contribution in [3.8, 4) is 5.75 Å². The van der Waals surface area contributed by atoms with Crippen LogP contribution in [0.2, 0.25) is 0 Å². The average Bonchev–Trinajstić information content (AvgIpc) is 2.55. The Morgan fingerprint density at radius 1 is 1.25 bits per heavy atom. The van der Waals surface area contributed by atoms with Crippen molar-refractivity contribution in [2.75, 3.05) is 34.3 Å². The lowest BCUT2D eigenvalue weighted by molar-refractivity contribution is 0.295. The lowest BCUT2D eigenvalue weighted by Gasteiger charge is -2.25. The van der Waals surface area contributed by atoms with E-state index in [9.17, 15) is 0 Å². The summed E-state index contributed by atoms with van der Waals surface area (Å²) in [5.41, 5.74) is 7.10. The maximum absolute atomic E-state index is 5.97. The normalized spacial score (nSPS) is 12.6. The van der Waals surface area contributed by atoms with Gasteiger partial charge in [-0.25, -0.2) is 0 Å². The van der Waals surface area contributed by atoms with Crippen LogP contribution in [0.15, 0.2) is 29.3 Å². The van der Waals surface area contributed by atoms with E-state index in [-0.39, 0.29) is 30.0 Å². The van der Waals surface area contributed by atoms with Gasteiger partial charge in [0.1, 0.15) is 5.75 Å². The minimum absolute atomic E-state index is 0. The summed E-state index contributed by atoms with van der Waals surface area (Å²) in [4.78, 5) is 6.64. The van der Waals surface area contributed by atoms with Gasteiger partial charge in [0.05, 0.1) is 19.7 Å². The first-order valence-electron chi connectivity index (χ1n) is 8.43. The number of guanidine groups is 1. The van der Waals surface area contributed by atoms with E-state index in [1.807, 2.05) is 32.3 Å². The fraction of sp³-hybridized carbons (Fsp3) is 0.611. The van der Waals surface area contributed by atoms with Crippen LogP contribution in [0, 0.1) is 0 Å². The highest BCUT2D eigenvalue weighted by Crippen LogP contribution is 2.27. The smallest absolute Gasteiger partial charge is 0.188 e. The highest BCUT2D eigenvalue weighted by molar-refractivity contribution is 14.0. The molecule has 0 saturated carbocycles. The van der Waals surface area contributed by atoms with Crippen molar-refractivity contribution in [1.29, 1.82) is 0 Å². The third-order valence-electron chi connectivity index (χ3n) is 3.89. The van der Waals surface area contributed by atoms with Gasteiger partial charge in [0, 0.05) is 12.1 Å². The Labute approximate surface area is 164 Å². The van der Waals surface area contributed by atoms with Crippen molar-refractivity contribution < 1.29 is 4.74 Å². The van der Waals surface area contributed by atoms with Crippen LogP contribution in [0.25, 0.3) is 0 Å². The van der Waals surface area contributed by atoms with Gasteiger partial charge in [-0.1, -0.05) is 44.4 Å². The average molecular weight is 448 g/mol. The van der Waals surface area contributed by atoms with Gasteiger partial charge < -0.3 is 20.7 Å². The van der Waals surface area contributed by atoms with E-state index in [0.717, 1.165) is 24.3 Å². The molecule has 6 heteroatoms. The van der Waals surface area contributed by atoms with Crippen LogP contribution < -0.4 is 15.8 Å². The van der Waals surface area contributed by atoms with Crippen LogP contribution in [0.4, 0.5) is 0 Å². The maximum atomic E-state index is 5.97. The van der Waals surface area contributed by atoms with E-state index in [1.165, 1.54) is 19.3 Å². The Morgan fingerprint density at radius 2 is 1.96 bits per heavy atom. The number of nitrogens with two attached hydrogens (primary N) is 1. The molecule has 0 bridgehead atoms. The van der Waals surface area contributed by atoms with Crippen molar-refractivity contribution in [3.63, 3.8) is 0 Å². The highest BCUT2D eigenvalue weighted by atomic mass is 127. The lowest BCUT2D eigenvalue weighted by atomic mass is 10.0. The zero-order valence-corrected chi connectivity index (χ0v) is 17.7. The van der Waals surface area contributed by atoms with Crippen LogP contribution in [-0.2, 0) is 0 Å². The first kappa shape index (κ1) is 23.0. The molecule has 5 nitrogen and oxygen atoms in total. The number of methoxy groups -OCH3 is 1. The predicted molar refractivity (Wildman–Crippen MR) is 113 cm³/mol. The van der Waals surface area contributed by atoms with Gasteiger partial charge >= 0.3 is 0 Å². The van der Waals surface area contributed by atoms with E-state index in [1.54, 1.807) is 7.11 Å². The second-order valence-corrected chi connectivity index (χ2v) is 5.93. The number of rotatable bonds is 10. The minimum Gasteiger partial charge on any atom is -0.496 e. The highest BCUT2D eigenvalue weighted by Gasteiger charge is 2.17. The molecule has 24 heavy (non-hydrogen) atoms. The zero-order chi connectivity index (χ0) is 17.1. The Balaban J connectivity index is 0.00000529. The second-order valence-electron chi connectivity index (χ2n) is 5.93. The molecule has 0 heterocycles. The number of ether oxygens (including phenoxy) is 1. The monoisotopic (exact) mass is 448 g/mol. The summed E-state index contributed by atoms with van der Waals surface area (Å²) in [5.74, 6) is 1.40. The van der Waals surface area contributed by atoms with Crippen LogP contribution in [0.1, 0.15) is 44.2 Å². The van der Waals surface area contributed by atoms with E-state index >= 15 is 0 Å². The summed E-state index contributed by atoms with van der Waals surface area (Å²) < 4.78 is 5.46. The quantitative estimate of drug-likeness (QED) is 0.249. The maximum Gasteiger partial charge on any atom is 0.188 e. The number of likely N-dealkylation sites (N-methyl/N-ethyl adjacent to an activating group) is 1. The molecule has 138 valence electrons. The van der Waals surface area contributed by atoms with Crippen molar-refractivity contribution in [2.24, 2.45) is 10.7 Å². The molecule has 0 aliphatic heterocycles. The zero-order valence-electron chi connectivity index (χ0n) is 15.4. The van der Waals surface area contributed by atoms with Gasteiger partial charge in [-0.3, -0.25) is 4.99 Å². The molecule has 0 aliphatic carbocycles. The van der Waals surface area contributed by atoms with Crippen molar-refractivity contribution in [2.45, 2.75) is 38.6 Å². The Kier molecular flexibility index (Phi) is 12.7. The van der Waals surface area contributed by atoms with Crippen LogP contribution in [-0.4, -0.2) is 45.2 Å². The van der Waals surface area contributed by atoms with Gasteiger partial charge in [0.2, 0.25) is 0 Å². The summed E-state index contributed by atoms with van der Waals surface area (Å²) in [7, 11) is 5.78. The molecule has 1 aromatic carbocycles. The Bertz CT molecular complexity index is 480. The molecule has 0 fully saturated rings. The van der Waals surface area contributed by atoms with Gasteiger partial charge in [-0.05, 0) is 26.6 Å². The Hall–Kier alpha value is -1.02. The third-order valence-corrected chi connectivity index (χ3v) is 3.89. The van der Waals surface area contributed by atoms with Crippen molar-refractivity contribution >= 4 is 29.9 Å². The summed E-state index contributed by atoms with van der Waals surface area (Å²) in [5, 5.41) is 3.19. The predicted octanol–water partition coefficient (Wildman–Crippen LogP) is 3.40. The van der Waals surface area contributed by atoms with Crippen LogP contribution >= 0.6 is 24.0 Å². The van der Waals surface area contributed by atoms with Crippen LogP contribution in [0.5, 0.6) is 5.75 Å². The largest absolute Gasteiger partial charge is 0.496 e. The Morgan fingerprint density at radius 3 is 2.58 bits per heavy atom. The molecule has 0 amide bonds. The first-order chi connectivity index (χ1) is 11.1. The molecule has 1 rings (SSSR count). The molecule has 0 aliphatic rings. The number of hydrogen-bond donors (Lipinski definition) is 2. The molecule has 0 aromatic heterocycles. The molecule has 3 N–H and O–H groups in total. The molecule has 0 saturated heterocycles. The number of benzene rings is 1. The van der Waals surface area contributed by atoms with Gasteiger partial charge in [0.15, 0.2) is 5.96 Å². The fourth-order valence-corrected chi connectivity index (χ4v) is 2.49. The van der Waals surface area contributed by atoms with Gasteiger partial charge in [0.25, 0.3) is 0 Å². The molecular weight excluding hydrogens is 415 g/mol. The van der Waals surface area contributed by atoms with Gasteiger partial charge in [-0.2, -0.15) is 0 Å². The number of hydrogen-bond acceptors (Lipinski definition) is 3. The number of nitrogens with one attached hydrogen (secondary N) is 1. The number of unbranched alkanes of at least 4 members (excludes halogenated alkanes) is 3. The van der Waals surface area contributed by atoms with Gasteiger partial charge in [-0.15, -0.1) is 24.0 Å². The summed E-state index contributed by atoms with van der Waals surface area (Å²) >= 11 is 0. The second kappa shape index (κ2) is 13.3. The standard InChI is InChI=1S/C18H32N4O.HI/c1-5-6-7-10-13-20-18(19)21-14-16(22(2)3)15-11-8-9-12-17(15)23-4;/h8-9,11-12,16H,5-7,10,13-14H2,1-4H3,(H3,19,20,21);1H. The molecule has 1 atom stereocenters. The first-order valence-corrected chi connectivity index (χ1v) is 8.43. The number of nitrogens with zero attached hydrogens (tertiary/aromatic N) is 2. The lowest BCUT2D eigenvalue weighted by Crippen LogP contribution is -2.33. The van der Waals surface area contributed by atoms with E-state index in [4.69, 9.17) is 10.5 Å². The number of aliphatic imine (C=N–C) groups is 1.